The fourth-order valence-electron chi connectivity index (χ4n) is 3.88. The van der Waals surface area contributed by atoms with Gasteiger partial charge in [0.1, 0.15) is 5.25 Å². The lowest BCUT2D eigenvalue weighted by molar-refractivity contribution is -0.122. The average molecular weight is 345 g/mol. The number of nitrogens with one attached hydrogen (secondary N) is 2. The zero-order valence-corrected chi connectivity index (χ0v) is 15.5. The van der Waals surface area contributed by atoms with Gasteiger partial charge in [0.25, 0.3) is 0 Å². The van der Waals surface area contributed by atoms with Crippen LogP contribution in [0.25, 0.3) is 0 Å². The van der Waals surface area contributed by atoms with Crippen molar-refractivity contribution < 1.29 is 13.2 Å². The number of sulfone groups is 1. The van der Waals surface area contributed by atoms with Crippen LogP contribution in [0.1, 0.15) is 59.3 Å². The number of piperidine rings is 1. The van der Waals surface area contributed by atoms with Crippen LogP contribution in [0.15, 0.2) is 0 Å². The highest BCUT2D eigenvalue weighted by atomic mass is 32.2. The topological polar surface area (TPSA) is 75.3 Å². The van der Waals surface area contributed by atoms with Crippen molar-refractivity contribution in [3.63, 3.8) is 0 Å². The van der Waals surface area contributed by atoms with Gasteiger partial charge in [-0.2, -0.15) is 0 Å². The van der Waals surface area contributed by atoms with Gasteiger partial charge in [-0.3, -0.25) is 4.79 Å². The molecular weight excluding hydrogens is 312 g/mol. The highest BCUT2D eigenvalue weighted by molar-refractivity contribution is 7.93. The average Bonchev–Trinajstić information content (AvgIpc) is 2.50. The zero-order chi connectivity index (χ0) is 17.0. The molecule has 2 aliphatic rings. The summed E-state index contributed by atoms with van der Waals surface area (Å²) in [4.78, 5) is 12.8. The number of carbonyl (C=O) groups is 1. The molecule has 3 unspecified atom stereocenters. The summed E-state index contributed by atoms with van der Waals surface area (Å²) in [6, 6.07) is 0.0269. The van der Waals surface area contributed by atoms with Gasteiger partial charge in [-0.25, -0.2) is 8.42 Å². The van der Waals surface area contributed by atoms with Gasteiger partial charge < -0.3 is 10.6 Å². The summed E-state index contributed by atoms with van der Waals surface area (Å²) in [5, 5.41) is 5.04. The highest BCUT2D eigenvalue weighted by Crippen LogP contribution is 2.29. The molecule has 2 rings (SSSR count). The van der Waals surface area contributed by atoms with Gasteiger partial charge in [0, 0.05) is 12.6 Å². The maximum atomic E-state index is 13.0. The second-order valence-electron chi connectivity index (χ2n) is 7.60. The van der Waals surface area contributed by atoms with E-state index in [0.29, 0.717) is 18.8 Å². The van der Waals surface area contributed by atoms with E-state index >= 15 is 0 Å². The summed E-state index contributed by atoms with van der Waals surface area (Å²) < 4.78 is 26.0. The number of hydrogen-bond donors (Lipinski definition) is 2. The molecule has 1 saturated carbocycles. The maximum absolute atomic E-state index is 13.0. The molecule has 0 aromatic carbocycles. The van der Waals surface area contributed by atoms with Crippen molar-refractivity contribution in [2.45, 2.75) is 75.8 Å². The lowest BCUT2D eigenvalue weighted by Gasteiger charge is -2.33. The van der Waals surface area contributed by atoms with E-state index in [1.165, 1.54) is 0 Å². The lowest BCUT2D eigenvalue weighted by Crippen LogP contribution is -2.55. The highest BCUT2D eigenvalue weighted by Gasteiger charge is 2.42. The van der Waals surface area contributed by atoms with Crippen molar-refractivity contribution in [3.8, 4) is 0 Å². The number of amides is 1. The van der Waals surface area contributed by atoms with Crippen LogP contribution in [0.2, 0.25) is 0 Å². The van der Waals surface area contributed by atoms with E-state index in [1.54, 1.807) is 0 Å². The smallest absolute Gasteiger partial charge is 0.238 e. The molecule has 3 atom stereocenters. The second kappa shape index (κ2) is 7.97. The lowest BCUT2D eigenvalue weighted by atomic mass is 9.94. The van der Waals surface area contributed by atoms with Crippen molar-refractivity contribution in [2.75, 3.05) is 13.1 Å². The third kappa shape index (κ3) is 4.47. The van der Waals surface area contributed by atoms with Crippen molar-refractivity contribution in [2.24, 2.45) is 11.8 Å². The van der Waals surface area contributed by atoms with Crippen LogP contribution in [0.4, 0.5) is 0 Å². The van der Waals surface area contributed by atoms with Crippen LogP contribution in [0.3, 0.4) is 0 Å². The molecular formula is C17H32N2O3S. The molecule has 1 amide bonds. The summed E-state index contributed by atoms with van der Waals surface area (Å²) in [6.07, 6.45) is 5.45. The van der Waals surface area contributed by atoms with Crippen LogP contribution < -0.4 is 10.6 Å². The van der Waals surface area contributed by atoms with Gasteiger partial charge >= 0.3 is 0 Å². The fourth-order valence-corrected chi connectivity index (χ4v) is 6.41. The Morgan fingerprint density at radius 3 is 2.35 bits per heavy atom. The van der Waals surface area contributed by atoms with Gasteiger partial charge in [-0.15, -0.1) is 0 Å². The summed E-state index contributed by atoms with van der Waals surface area (Å²) >= 11 is 0. The van der Waals surface area contributed by atoms with Crippen LogP contribution in [0, 0.1) is 11.8 Å². The van der Waals surface area contributed by atoms with E-state index in [9.17, 15) is 13.2 Å². The molecule has 23 heavy (non-hydrogen) atoms. The summed E-state index contributed by atoms with van der Waals surface area (Å²) in [5.74, 6) is -0.120. The Kier molecular flexibility index (Phi) is 6.48. The predicted octanol–water partition coefficient (Wildman–Crippen LogP) is 1.87. The molecule has 0 bridgehead atoms. The van der Waals surface area contributed by atoms with Gasteiger partial charge in [0.2, 0.25) is 5.91 Å². The first-order chi connectivity index (χ1) is 10.8. The second-order valence-corrected chi connectivity index (χ2v) is 9.95. The Morgan fingerprint density at radius 1 is 1.13 bits per heavy atom. The molecule has 0 aromatic rings. The van der Waals surface area contributed by atoms with E-state index < -0.39 is 15.1 Å². The molecule has 5 nitrogen and oxygen atoms in total. The SMILES string of the molecule is CC(C)C(C(=O)NC1CNCCC1C)S(=O)(=O)C1CCCCC1. The van der Waals surface area contributed by atoms with Crippen LogP contribution in [-0.4, -0.2) is 44.0 Å². The number of rotatable bonds is 5. The molecule has 0 aromatic heterocycles. The molecule has 0 radical (unpaired) electrons. The van der Waals surface area contributed by atoms with E-state index in [1.807, 2.05) is 13.8 Å². The molecule has 1 saturated heterocycles. The number of hydrogen-bond acceptors (Lipinski definition) is 4. The Morgan fingerprint density at radius 2 is 1.78 bits per heavy atom. The van der Waals surface area contributed by atoms with Crippen molar-refractivity contribution in [1.29, 1.82) is 0 Å². The van der Waals surface area contributed by atoms with Gasteiger partial charge in [-0.05, 0) is 37.6 Å². The van der Waals surface area contributed by atoms with Crippen LogP contribution >= 0.6 is 0 Å². The van der Waals surface area contributed by atoms with Crippen molar-refractivity contribution >= 4 is 15.7 Å². The standard InChI is InChI=1S/C17H32N2O3S/c1-12(2)16(23(21,22)14-7-5-4-6-8-14)17(20)19-15-11-18-10-9-13(15)3/h12-16,18H,4-11H2,1-3H3,(H,19,20). The Balaban J connectivity index is 2.11. The molecule has 6 heteroatoms. The summed E-state index contributed by atoms with van der Waals surface area (Å²) in [5.41, 5.74) is 0. The van der Waals surface area contributed by atoms with E-state index in [-0.39, 0.29) is 23.1 Å². The maximum Gasteiger partial charge on any atom is 0.238 e. The van der Waals surface area contributed by atoms with Gasteiger partial charge in [-0.1, -0.05) is 40.0 Å². The zero-order valence-electron chi connectivity index (χ0n) is 14.7. The normalized spacial score (nSPS) is 28.5. The number of carbonyl (C=O) groups excluding carboxylic acids is 1. The minimum atomic E-state index is -3.42. The molecule has 1 heterocycles. The molecule has 134 valence electrons. The molecule has 2 fully saturated rings. The van der Waals surface area contributed by atoms with Gasteiger partial charge in [0.15, 0.2) is 9.84 Å². The summed E-state index contributed by atoms with van der Waals surface area (Å²) in [6.45, 7) is 7.48. The van der Waals surface area contributed by atoms with Crippen LogP contribution in [-0.2, 0) is 14.6 Å². The van der Waals surface area contributed by atoms with E-state index in [0.717, 1.165) is 38.8 Å². The Hall–Kier alpha value is -0.620. The molecule has 2 N–H and O–H groups in total. The Bertz CT molecular complexity index is 498. The first-order valence-electron chi connectivity index (χ1n) is 9.08. The quantitative estimate of drug-likeness (QED) is 0.798. The predicted molar refractivity (Wildman–Crippen MR) is 93.0 cm³/mol. The van der Waals surface area contributed by atoms with Crippen LogP contribution in [0.5, 0.6) is 0 Å². The third-order valence-electron chi connectivity index (χ3n) is 5.39. The van der Waals surface area contributed by atoms with Crippen molar-refractivity contribution in [3.05, 3.63) is 0 Å². The first-order valence-corrected chi connectivity index (χ1v) is 10.7. The minimum absolute atomic E-state index is 0.0269. The largest absolute Gasteiger partial charge is 0.351 e. The molecule has 0 spiro atoms. The fraction of sp³-hybridized carbons (Fsp3) is 0.941. The monoisotopic (exact) mass is 344 g/mol. The van der Waals surface area contributed by atoms with E-state index in [4.69, 9.17) is 0 Å². The molecule has 1 aliphatic heterocycles. The van der Waals surface area contributed by atoms with Gasteiger partial charge in [0.05, 0.1) is 5.25 Å². The molecule has 1 aliphatic carbocycles. The Labute approximate surface area is 140 Å². The third-order valence-corrected chi connectivity index (χ3v) is 8.26. The first kappa shape index (κ1) is 18.7. The van der Waals surface area contributed by atoms with Crippen molar-refractivity contribution in [1.82, 2.24) is 10.6 Å². The summed E-state index contributed by atoms with van der Waals surface area (Å²) in [7, 11) is -3.42. The minimum Gasteiger partial charge on any atom is -0.351 e. The van der Waals surface area contributed by atoms with E-state index in [2.05, 4.69) is 17.6 Å².